The Bertz CT molecular complexity index is 380. The highest BCUT2D eigenvalue weighted by atomic mass is 19.4. The molecule has 0 saturated carbocycles. The van der Waals surface area contributed by atoms with E-state index in [1.54, 1.807) is 0 Å². The van der Waals surface area contributed by atoms with Crippen molar-refractivity contribution in [3.05, 3.63) is 11.8 Å². The van der Waals surface area contributed by atoms with Crippen LogP contribution in [0.5, 0.6) is 17.4 Å². The van der Waals surface area contributed by atoms with Crippen molar-refractivity contribution in [2.45, 2.75) is 13.0 Å². The number of aliphatic hydroxyl groups excluding tert-OH is 1. The Hall–Kier alpha value is -1.70. The Balaban J connectivity index is 3.19. The lowest BCUT2D eigenvalue weighted by molar-refractivity contribution is -0.276. The van der Waals surface area contributed by atoms with E-state index in [2.05, 4.69) is 14.5 Å². The Morgan fingerprint density at radius 1 is 1.44 bits per heavy atom. The van der Waals surface area contributed by atoms with Crippen molar-refractivity contribution in [1.82, 2.24) is 4.98 Å². The minimum absolute atomic E-state index is 0.309. The number of hydrogen-bond acceptors (Lipinski definition) is 5. The number of methoxy groups -OCH3 is 1. The van der Waals surface area contributed by atoms with Crippen LogP contribution in [0.3, 0.4) is 0 Å². The van der Waals surface area contributed by atoms with Gasteiger partial charge in [0, 0.05) is 0 Å². The highest BCUT2D eigenvalue weighted by Crippen LogP contribution is 2.36. The van der Waals surface area contributed by atoms with Gasteiger partial charge >= 0.3 is 6.36 Å². The Labute approximate surface area is 88.1 Å². The smallest absolute Gasteiger partial charge is 0.503 e. The second-order valence-corrected chi connectivity index (χ2v) is 2.67. The van der Waals surface area contributed by atoms with E-state index in [1.165, 1.54) is 0 Å². The summed E-state index contributed by atoms with van der Waals surface area (Å²) in [6.45, 7) is -0.810. The summed E-state index contributed by atoms with van der Waals surface area (Å²) in [6.07, 6.45) is -4.20. The van der Waals surface area contributed by atoms with Crippen LogP contribution in [-0.4, -0.2) is 28.7 Å². The molecule has 0 unspecified atom stereocenters. The summed E-state index contributed by atoms with van der Waals surface area (Å²) >= 11 is 0. The van der Waals surface area contributed by atoms with Crippen LogP contribution in [0.4, 0.5) is 13.2 Å². The van der Waals surface area contributed by atoms with E-state index in [1.807, 2.05) is 0 Å². The predicted octanol–water partition coefficient (Wildman–Crippen LogP) is 1.19. The quantitative estimate of drug-likeness (QED) is 0.828. The monoisotopic (exact) mass is 239 g/mol. The summed E-state index contributed by atoms with van der Waals surface area (Å²) in [6, 6.07) is 0. The first-order valence-electron chi connectivity index (χ1n) is 4.00. The van der Waals surface area contributed by atoms with E-state index in [0.29, 0.717) is 0 Å². The molecule has 1 rings (SSSR count). The molecule has 90 valence electrons. The third kappa shape index (κ3) is 2.66. The molecule has 0 aliphatic rings. The van der Waals surface area contributed by atoms with Crippen LogP contribution < -0.4 is 9.47 Å². The number of aromatic hydroxyl groups is 1. The fourth-order valence-corrected chi connectivity index (χ4v) is 1.07. The molecule has 1 aromatic rings. The van der Waals surface area contributed by atoms with Crippen molar-refractivity contribution < 1.29 is 32.9 Å². The first-order valence-corrected chi connectivity index (χ1v) is 4.00. The molecule has 2 N–H and O–H groups in total. The molecule has 0 atom stereocenters. The van der Waals surface area contributed by atoms with Crippen LogP contribution in [0.1, 0.15) is 5.56 Å². The van der Waals surface area contributed by atoms with Gasteiger partial charge in [-0.05, 0) is 0 Å². The number of aromatic nitrogens is 1. The van der Waals surface area contributed by atoms with Gasteiger partial charge in [0.1, 0.15) is 0 Å². The van der Waals surface area contributed by atoms with Crippen molar-refractivity contribution in [2.24, 2.45) is 0 Å². The molecule has 16 heavy (non-hydrogen) atoms. The third-order valence-corrected chi connectivity index (χ3v) is 1.64. The van der Waals surface area contributed by atoms with E-state index >= 15 is 0 Å². The maximum absolute atomic E-state index is 11.9. The van der Waals surface area contributed by atoms with Crippen molar-refractivity contribution in [1.29, 1.82) is 0 Å². The van der Waals surface area contributed by atoms with Gasteiger partial charge in [0.15, 0.2) is 11.5 Å². The van der Waals surface area contributed by atoms with E-state index in [-0.39, 0.29) is 11.3 Å². The summed E-state index contributed by atoms with van der Waals surface area (Å²) in [5.41, 5.74) is -0.375. The summed E-state index contributed by atoms with van der Waals surface area (Å²) in [5, 5.41) is 18.1. The maximum atomic E-state index is 11.9. The second-order valence-electron chi connectivity index (χ2n) is 2.67. The number of pyridine rings is 1. The molecule has 0 aromatic carbocycles. The molecule has 0 fully saturated rings. The minimum Gasteiger partial charge on any atom is -0.503 e. The van der Waals surface area contributed by atoms with Crippen LogP contribution in [0.25, 0.3) is 0 Å². The average Bonchev–Trinajstić information content (AvgIpc) is 2.18. The number of halogens is 3. The summed E-state index contributed by atoms with van der Waals surface area (Å²) < 4.78 is 44.0. The molecule has 0 aliphatic heterocycles. The highest BCUT2D eigenvalue weighted by Gasteiger charge is 2.34. The number of rotatable bonds is 3. The predicted molar refractivity (Wildman–Crippen MR) is 45.1 cm³/mol. The zero-order valence-corrected chi connectivity index (χ0v) is 8.08. The topological polar surface area (TPSA) is 71.8 Å². The molecule has 0 spiro atoms. The third-order valence-electron chi connectivity index (χ3n) is 1.64. The van der Waals surface area contributed by atoms with Gasteiger partial charge < -0.3 is 19.7 Å². The Kier molecular flexibility index (Phi) is 3.43. The minimum atomic E-state index is -4.93. The van der Waals surface area contributed by atoms with Crippen molar-refractivity contribution in [3.63, 3.8) is 0 Å². The molecule has 1 aromatic heterocycles. The molecule has 0 bridgehead atoms. The maximum Gasteiger partial charge on any atom is 0.574 e. The van der Waals surface area contributed by atoms with Gasteiger partial charge in [0.25, 0.3) is 0 Å². The number of nitrogens with zero attached hydrogens (tertiary/aromatic N) is 1. The number of ether oxygens (including phenoxy) is 2. The SMILES string of the molecule is COc1c(O)cnc(OC(F)(F)F)c1CO. The Morgan fingerprint density at radius 3 is 2.50 bits per heavy atom. The number of aliphatic hydroxyl groups is 1. The molecule has 5 nitrogen and oxygen atoms in total. The molecular formula is C8H8F3NO4. The van der Waals surface area contributed by atoms with E-state index in [9.17, 15) is 18.3 Å². The molecule has 0 radical (unpaired) electrons. The van der Waals surface area contributed by atoms with Crippen LogP contribution in [-0.2, 0) is 6.61 Å². The van der Waals surface area contributed by atoms with E-state index in [4.69, 9.17) is 5.11 Å². The van der Waals surface area contributed by atoms with Gasteiger partial charge in [0.2, 0.25) is 5.88 Å². The van der Waals surface area contributed by atoms with Crippen LogP contribution >= 0.6 is 0 Å². The van der Waals surface area contributed by atoms with Gasteiger partial charge in [-0.3, -0.25) is 0 Å². The second kappa shape index (κ2) is 4.44. The standard InChI is InChI=1S/C8H8F3NO4/c1-15-6-4(3-13)7(12-2-5(6)14)16-8(9,10)11/h2,13-14H,3H2,1H3. The fourth-order valence-electron chi connectivity index (χ4n) is 1.07. The van der Waals surface area contributed by atoms with Gasteiger partial charge in [-0.25, -0.2) is 4.98 Å². The first-order chi connectivity index (χ1) is 7.39. The van der Waals surface area contributed by atoms with Crippen molar-refractivity contribution in [2.75, 3.05) is 7.11 Å². The summed E-state index contributed by atoms with van der Waals surface area (Å²) in [7, 11) is 1.13. The van der Waals surface area contributed by atoms with Gasteiger partial charge in [-0.15, -0.1) is 13.2 Å². The average molecular weight is 239 g/mol. The lowest BCUT2D eigenvalue weighted by Crippen LogP contribution is -2.19. The molecule has 8 heteroatoms. The largest absolute Gasteiger partial charge is 0.574 e. The molecule has 0 amide bonds. The highest BCUT2D eigenvalue weighted by molar-refractivity contribution is 5.48. The normalized spacial score (nSPS) is 11.3. The lowest BCUT2D eigenvalue weighted by atomic mass is 10.2. The molecule has 0 saturated heterocycles. The zero-order valence-electron chi connectivity index (χ0n) is 8.08. The lowest BCUT2D eigenvalue weighted by Gasteiger charge is -2.14. The molecule has 0 aliphatic carbocycles. The summed E-state index contributed by atoms with van der Waals surface area (Å²) in [5.74, 6) is -1.65. The Morgan fingerprint density at radius 2 is 2.06 bits per heavy atom. The van der Waals surface area contributed by atoms with E-state index in [0.717, 1.165) is 13.3 Å². The van der Waals surface area contributed by atoms with Crippen molar-refractivity contribution >= 4 is 0 Å². The van der Waals surface area contributed by atoms with Crippen LogP contribution in [0.2, 0.25) is 0 Å². The number of hydrogen-bond donors (Lipinski definition) is 2. The summed E-state index contributed by atoms with van der Waals surface area (Å²) in [4.78, 5) is 3.21. The van der Waals surface area contributed by atoms with Gasteiger partial charge in [0.05, 0.1) is 25.5 Å². The van der Waals surface area contributed by atoms with Crippen molar-refractivity contribution in [3.8, 4) is 17.4 Å². The molecular weight excluding hydrogens is 231 g/mol. The first kappa shape index (κ1) is 12.4. The van der Waals surface area contributed by atoms with Gasteiger partial charge in [-0.1, -0.05) is 0 Å². The van der Waals surface area contributed by atoms with Crippen LogP contribution in [0.15, 0.2) is 6.20 Å². The van der Waals surface area contributed by atoms with E-state index < -0.39 is 24.6 Å². The van der Waals surface area contributed by atoms with Gasteiger partial charge in [-0.2, -0.15) is 0 Å². The molecule has 1 heterocycles. The fraction of sp³-hybridized carbons (Fsp3) is 0.375. The zero-order chi connectivity index (χ0) is 12.3. The number of alkyl halides is 3. The van der Waals surface area contributed by atoms with Crippen LogP contribution in [0, 0.1) is 0 Å².